The first-order valence-corrected chi connectivity index (χ1v) is 4.92. The lowest BCUT2D eigenvalue weighted by atomic mass is 10.1. The Morgan fingerprint density at radius 2 is 1.47 bits per heavy atom. The van der Waals surface area contributed by atoms with Crippen LogP contribution >= 0.6 is 8.03 Å². The average molecular weight is 229 g/mol. The first kappa shape index (κ1) is 11.3. The third-order valence-corrected chi connectivity index (χ3v) is 2.55. The van der Waals surface area contributed by atoms with Crippen LogP contribution in [0.4, 0.5) is 0 Å². The van der Waals surface area contributed by atoms with Crippen LogP contribution in [0.15, 0.2) is 18.2 Å². The van der Waals surface area contributed by atoms with Crippen LogP contribution < -0.4 is 5.30 Å². The molecule has 7 heteroatoms. The standard InChI is InChI=1S/C8H5O6P/c9-7(10)4-2-1-3-5(8(11)12)6(4)15(13)14/h1-3H,(H2-,9,10,11,12,13,14)/p+1. The van der Waals surface area contributed by atoms with Crippen LogP contribution in [-0.2, 0) is 4.57 Å². The highest BCUT2D eigenvalue weighted by Crippen LogP contribution is 2.19. The molecule has 0 bridgehead atoms. The maximum absolute atomic E-state index is 10.9. The Hall–Kier alpha value is -1.78. The van der Waals surface area contributed by atoms with Crippen molar-refractivity contribution >= 4 is 25.3 Å². The van der Waals surface area contributed by atoms with Gasteiger partial charge in [0, 0.05) is 0 Å². The molecule has 0 aliphatic rings. The minimum absolute atomic E-state index is 0.474. The fourth-order valence-corrected chi connectivity index (χ4v) is 1.85. The van der Waals surface area contributed by atoms with E-state index >= 15 is 0 Å². The van der Waals surface area contributed by atoms with Gasteiger partial charge in [-0.2, -0.15) is 4.89 Å². The molecule has 0 aliphatic heterocycles. The van der Waals surface area contributed by atoms with Crippen molar-refractivity contribution in [2.75, 3.05) is 0 Å². The van der Waals surface area contributed by atoms with Gasteiger partial charge in [0.05, 0.1) is 0 Å². The Kier molecular flexibility index (Phi) is 3.14. The molecule has 1 aromatic carbocycles. The largest absolute Gasteiger partial charge is 0.547 e. The quantitative estimate of drug-likeness (QED) is 0.648. The van der Waals surface area contributed by atoms with E-state index in [0.29, 0.717) is 0 Å². The second-order valence-corrected chi connectivity index (χ2v) is 3.58. The lowest BCUT2D eigenvalue weighted by molar-refractivity contribution is 0.0696. The van der Waals surface area contributed by atoms with Gasteiger partial charge < -0.3 is 10.2 Å². The Bertz CT molecular complexity index is 420. The maximum Gasteiger partial charge on any atom is 0.547 e. The maximum atomic E-state index is 10.9. The lowest BCUT2D eigenvalue weighted by Crippen LogP contribution is -2.19. The monoisotopic (exact) mass is 229 g/mol. The minimum Gasteiger partial charge on any atom is -0.478 e. The van der Waals surface area contributed by atoms with Gasteiger partial charge in [-0.15, -0.1) is 0 Å². The molecule has 78 valence electrons. The first-order valence-electron chi connectivity index (χ1n) is 3.71. The Labute approximate surface area is 84.7 Å². The summed E-state index contributed by atoms with van der Waals surface area (Å²) in [6, 6.07) is 3.36. The van der Waals surface area contributed by atoms with E-state index in [1.54, 1.807) is 0 Å². The van der Waals surface area contributed by atoms with E-state index in [1.807, 2.05) is 0 Å². The second-order valence-electron chi connectivity index (χ2n) is 2.58. The molecule has 1 unspecified atom stereocenters. The Morgan fingerprint density at radius 1 is 1.07 bits per heavy atom. The van der Waals surface area contributed by atoms with Crippen LogP contribution in [0.5, 0.6) is 0 Å². The second kappa shape index (κ2) is 4.16. The molecule has 0 radical (unpaired) electrons. The fourth-order valence-electron chi connectivity index (χ4n) is 1.09. The summed E-state index contributed by atoms with van der Waals surface area (Å²) >= 11 is 0. The van der Waals surface area contributed by atoms with Crippen molar-refractivity contribution in [3.63, 3.8) is 0 Å². The number of hydrogen-bond acceptors (Lipinski definition) is 3. The molecule has 0 spiro atoms. The Balaban J connectivity index is 3.56. The fraction of sp³-hybridized carbons (Fsp3) is 0. The van der Waals surface area contributed by atoms with Crippen molar-refractivity contribution in [3.05, 3.63) is 29.3 Å². The van der Waals surface area contributed by atoms with E-state index in [0.717, 1.165) is 12.1 Å². The van der Waals surface area contributed by atoms with Crippen molar-refractivity contribution in [1.29, 1.82) is 0 Å². The van der Waals surface area contributed by atoms with Crippen molar-refractivity contribution < 1.29 is 29.3 Å². The summed E-state index contributed by atoms with van der Waals surface area (Å²) in [4.78, 5) is 30.2. The molecule has 0 fully saturated rings. The summed E-state index contributed by atoms with van der Waals surface area (Å²) in [6.45, 7) is 0. The highest BCUT2D eigenvalue weighted by molar-refractivity contribution is 7.47. The molecular formula is C8H6O6P+. The van der Waals surface area contributed by atoms with Crippen molar-refractivity contribution in [1.82, 2.24) is 0 Å². The number of hydrogen-bond donors (Lipinski definition) is 3. The highest BCUT2D eigenvalue weighted by Gasteiger charge is 2.32. The zero-order valence-corrected chi connectivity index (χ0v) is 8.14. The molecule has 0 saturated carbocycles. The van der Waals surface area contributed by atoms with Crippen LogP contribution in [0.25, 0.3) is 0 Å². The van der Waals surface area contributed by atoms with Crippen molar-refractivity contribution in [3.8, 4) is 0 Å². The molecule has 0 saturated heterocycles. The van der Waals surface area contributed by atoms with E-state index in [4.69, 9.17) is 15.1 Å². The Morgan fingerprint density at radius 3 is 1.73 bits per heavy atom. The molecule has 6 nitrogen and oxygen atoms in total. The predicted octanol–water partition coefficient (Wildman–Crippen LogP) is 0.443. The molecule has 3 N–H and O–H groups in total. The van der Waals surface area contributed by atoms with E-state index < -0.39 is 36.4 Å². The van der Waals surface area contributed by atoms with Crippen LogP contribution in [0.2, 0.25) is 0 Å². The van der Waals surface area contributed by atoms with Crippen LogP contribution in [0.1, 0.15) is 20.7 Å². The van der Waals surface area contributed by atoms with Crippen LogP contribution in [0.3, 0.4) is 0 Å². The lowest BCUT2D eigenvalue weighted by Gasteiger charge is -1.97. The molecular weight excluding hydrogens is 223 g/mol. The van der Waals surface area contributed by atoms with Crippen LogP contribution in [-0.4, -0.2) is 27.0 Å². The highest BCUT2D eigenvalue weighted by atomic mass is 31.1. The molecule has 0 aliphatic carbocycles. The smallest absolute Gasteiger partial charge is 0.478 e. The van der Waals surface area contributed by atoms with Gasteiger partial charge in [-0.25, -0.2) is 9.59 Å². The molecule has 1 aromatic rings. The summed E-state index contributed by atoms with van der Waals surface area (Å²) in [6.07, 6.45) is 0. The zero-order chi connectivity index (χ0) is 11.6. The number of benzene rings is 1. The normalized spacial score (nSPS) is 10.9. The van der Waals surface area contributed by atoms with Gasteiger partial charge in [-0.05, 0) is 16.7 Å². The van der Waals surface area contributed by atoms with Gasteiger partial charge in [0.15, 0.2) is 0 Å². The molecule has 1 atom stereocenters. The zero-order valence-electron chi connectivity index (χ0n) is 7.25. The molecule has 0 heterocycles. The SMILES string of the molecule is O=C(O)c1cccc(C(=O)O)c1[P+](=O)O. The molecule has 1 rings (SSSR count). The summed E-state index contributed by atoms with van der Waals surface area (Å²) in [5.41, 5.74) is -0.947. The van der Waals surface area contributed by atoms with Crippen LogP contribution in [0, 0.1) is 0 Å². The topological polar surface area (TPSA) is 112 Å². The van der Waals surface area contributed by atoms with Gasteiger partial charge >= 0.3 is 20.0 Å². The van der Waals surface area contributed by atoms with Gasteiger partial charge in [-0.3, -0.25) is 0 Å². The number of carboxylic acids is 2. The number of rotatable bonds is 3. The number of aromatic carboxylic acids is 2. The van der Waals surface area contributed by atoms with Gasteiger partial charge in [0.2, 0.25) is 0 Å². The van der Waals surface area contributed by atoms with E-state index in [-0.39, 0.29) is 0 Å². The molecule has 0 amide bonds. The van der Waals surface area contributed by atoms with Crippen molar-refractivity contribution in [2.24, 2.45) is 0 Å². The predicted molar refractivity (Wildman–Crippen MR) is 49.8 cm³/mol. The van der Waals surface area contributed by atoms with Gasteiger partial charge in [0.1, 0.15) is 11.1 Å². The summed E-state index contributed by atoms with van der Waals surface area (Å²) in [5, 5.41) is 16.8. The van der Waals surface area contributed by atoms with E-state index in [2.05, 4.69) is 0 Å². The molecule has 0 aromatic heterocycles. The van der Waals surface area contributed by atoms with E-state index in [9.17, 15) is 14.2 Å². The number of carboxylic acid groups (broad SMARTS) is 2. The van der Waals surface area contributed by atoms with Gasteiger partial charge in [-0.1, -0.05) is 6.07 Å². The summed E-state index contributed by atoms with van der Waals surface area (Å²) < 4.78 is 10.9. The first-order chi connectivity index (χ1) is 6.95. The minimum atomic E-state index is -3.01. The molecule has 15 heavy (non-hydrogen) atoms. The number of carbonyl (C=O) groups is 2. The summed E-state index contributed by atoms with van der Waals surface area (Å²) in [5.74, 6) is -2.88. The third-order valence-electron chi connectivity index (χ3n) is 1.69. The third kappa shape index (κ3) is 2.18. The summed E-state index contributed by atoms with van der Waals surface area (Å²) in [7, 11) is -3.01. The van der Waals surface area contributed by atoms with E-state index in [1.165, 1.54) is 6.07 Å². The van der Waals surface area contributed by atoms with Gasteiger partial charge in [0.25, 0.3) is 5.30 Å². The van der Waals surface area contributed by atoms with Crippen molar-refractivity contribution in [2.45, 2.75) is 0 Å². The average Bonchev–Trinajstić information content (AvgIpc) is 2.16.